The van der Waals surface area contributed by atoms with Gasteiger partial charge in [-0.15, -0.1) is 0 Å². The third-order valence-corrected chi connectivity index (χ3v) is 7.44. The van der Waals surface area contributed by atoms with Gasteiger partial charge in [-0.05, 0) is 48.7 Å². The van der Waals surface area contributed by atoms with Gasteiger partial charge in [0.2, 0.25) is 0 Å². The lowest BCUT2D eigenvalue weighted by Crippen LogP contribution is -2.39. The molecule has 3 aromatic carbocycles. The molecule has 186 valence electrons. The minimum Gasteiger partial charge on any atom is -0.457 e. The van der Waals surface area contributed by atoms with Gasteiger partial charge in [0.05, 0.1) is 29.0 Å². The van der Waals surface area contributed by atoms with Crippen molar-refractivity contribution in [2.75, 3.05) is 44.3 Å². The molecular weight excluding hydrogens is 470 g/mol. The molecule has 0 saturated carbocycles. The molecule has 0 atom stereocenters. The van der Waals surface area contributed by atoms with Crippen LogP contribution in [0.2, 0.25) is 0 Å². The van der Waals surface area contributed by atoms with E-state index in [2.05, 4.69) is 30.0 Å². The molecule has 1 amide bonds. The lowest BCUT2D eigenvalue weighted by atomic mass is 10.1. The van der Waals surface area contributed by atoms with E-state index in [0.717, 1.165) is 61.0 Å². The predicted octanol–water partition coefficient (Wildman–Crippen LogP) is 6.02. The second-order valence-corrected chi connectivity index (χ2v) is 9.80. The summed E-state index contributed by atoms with van der Waals surface area (Å²) in [7, 11) is 0. The first-order valence-electron chi connectivity index (χ1n) is 12.6. The molecule has 1 aliphatic rings. The molecule has 0 bridgehead atoms. The molecule has 1 aromatic heterocycles. The van der Waals surface area contributed by atoms with Crippen molar-refractivity contribution in [3.63, 3.8) is 0 Å². The number of thiazole rings is 1. The van der Waals surface area contributed by atoms with Gasteiger partial charge in [-0.2, -0.15) is 0 Å². The van der Waals surface area contributed by atoms with Gasteiger partial charge in [0.15, 0.2) is 5.13 Å². The molecule has 1 saturated heterocycles. The number of aromatic nitrogens is 1. The number of ether oxygens (including phenoxy) is 2. The highest BCUT2D eigenvalue weighted by Gasteiger charge is 2.25. The van der Waals surface area contributed by atoms with Crippen LogP contribution < -0.4 is 9.64 Å². The largest absolute Gasteiger partial charge is 0.457 e. The number of benzene rings is 3. The Hall–Kier alpha value is -3.26. The smallest absolute Gasteiger partial charge is 0.263 e. The highest BCUT2D eigenvalue weighted by molar-refractivity contribution is 7.22. The van der Waals surface area contributed by atoms with Crippen molar-refractivity contribution in [1.82, 2.24) is 9.88 Å². The van der Waals surface area contributed by atoms with Gasteiger partial charge in [0.25, 0.3) is 5.91 Å². The number of fused-ring (bicyclic) bond motifs is 1. The zero-order chi connectivity index (χ0) is 24.7. The maximum Gasteiger partial charge on any atom is 0.263 e. The first-order chi connectivity index (χ1) is 17.7. The van der Waals surface area contributed by atoms with Crippen LogP contribution in [0.5, 0.6) is 11.5 Å². The average molecular weight is 502 g/mol. The summed E-state index contributed by atoms with van der Waals surface area (Å²) in [5, 5.41) is 0.729. The lowest BCUT2D eigenvalue weighted by Gasteiger charge is -2.28. The van der Waals surface area contributed by atoms with Crippen molar-refractivity contribution in [2.45, 2.75) is 19.8 Å². The molecular formula is C29H31N3O3S. The Morgan fingerprint density at radius 2 is 1.81 bits per heavy atom. The summed E-state index contributed by atoms with van der Waals surface area (Å²) in [5.74, 6) is 1.15. The fraction of sp³-hybridized carbons (Fsp3) is 0.310. The first-order valence-corrected chi connectivity index (χ1v) is 13.4. The number of morpholine rings is 1. The summed E-state index contributed by atoms with van der Waals surface area (Å²) >= 11 is 1.57. The van der Waals surface area contributed by atoms with Crippen LogP contribution in [0.15, 0.2) is 72.8 Å². The van der Waals surface area contributed by atoms with Crippen LogP contribution in [0.25, 0.3) is 10.2 Å². The quantitative estimate of drug-likeness (QED) is 0.281. The summed E-state index contributed by atoms with van der Waals surface area (Å²) in [6, 6.07) is 23.3. The summed E-state index contributed by atoms with van der Waals surface area (Å²) < 4.78 is 12.7. The van der Waals surface area contributed by atoms with E-state index in [4.69, 9.17) is 14.5 Å². The number of nitrogens with zero attached hydrogens (tertiary/aromatic N) is 3. The molecule has 0 spiro atoms. The average Bonchev–Trinajstić information content (AvgIpc) is 3.36. The number of aryl methyl sites for hydroxylation is 1. The van der Waals surface area contributed by atoms with Crippen molar-refractivity contribution < 1.29 is 14.3 Å². The molecule has 0 N–H and O–H groups in total. The lowest BCUT2D eigenvalue weighted by molar-refractivity contribution is 0.0376. The van der Waals surface area contributed by atoms with Crippen LogP contribution in [-0.4, -0.2) is 55.2 Å². The number of hydrogen-bond donors (Lipinski definition) is 0. The van der Waals surface area contributed by atoms with E-state index in [1.165, 1.54) is 5.56 Å². The number of hydrogen-bond acceptors (Lipinski definition) is 6. The zero-order valence-electron chi connectivity index (χ0n) is 20.6. The number of rotatable bonds is 9. The fourth-order valence-electron chi connectivity index (χ4n) is 4.45. The molecule has 6 nitrogen and oxygen atoms in total. The van der Waals surface area contributed by atoms with Crippen LogP contribution in [0.3, 0.4) is 0 Å². The monoisotopic (exact) mass is 501 g/mol. The van der Waals surface area contributed by atoms with E-state index < -0.39 is 0 Å². The van der Waals surface area contributed by atoms with Gasteiger partial charge in [-0.25, -0.2) is 4.98 Å². The Labute approximate surface area is 216 Å². The molecule has 1 aliphatic heterocycles. The number of para-hydroxylation sites is 3. The molecule has 5 rings (SSSR count). The Bertz CT molecular complexity index is 1300. The van der Waals surface area contributed by atoms with Gasteiger partial charge >= 0.3 is 0 Å². The summed E-state index contributed by atoms with van der Waals surface area (Å²) in [5.41, 5.74) is 2.71. The van der Waals surface area contributed by atoms with Crippen LogP contribution >= 0.6 is 11.3 Å². The summed E-state index contributed by atoms with van der Waals surface area (Å²) in [6.45, 7) is 7.04. The standard InChI is InChI=1S/C29H31N3O3S/c1-2-22-10-8-15-26-27(22)30-29(36-26)32(17-9-16-31-18-20-34-21-19-31)28(33)24-13-6-7-14-25(24)35-23-11-4-3-5-12-23/h3-8,10-15H,2,9,16-21H2,1H3. The van der Waals surface area contributed by atoms with E-state index in [1.807, 2.05) is 59.5 Å². The van der Waals surface area contributed by atoms with E-state index in [0.29, 0.717) is 23.6 Å². The number of anilines is 1. The van der Waals surface area contributed by atoms with Gasteiger partial charge in [-0.1, -0.05) is 60.7 Å². The topological polar surface area (TPSA) is 54.9 Å². The highest BCUT2D eigenvalue weighted by atomic mass is 32.1. The highest BCUT2D eigenvalue weighted by Crippen LogP contribution is 2.34. The summed E-state index contributed by atoms with van der Waals surface area (Å²) in [6.07, 6.45) is 1.75. The molecule has 0 radical (unpaired) electrons. The normalized spacial score (nSPS) is 14.1. The molecule has 0 aliphatic carbocycles. The number of carbonyl (C=O) groups excluding carboxylic acids is 1. The van der Waals surface area contributed by atoms with Crippen molar-refractivity contribution >= 4 is 32.6 Å². The summed E-state index contributed by atoms with van der Waals surface area (Å²) in [4.78, 5) is 23.2. The molecule has 0 unspecified atom stereocenters. The van der Waals surface area contributed by atoms with Crippen molar-refractivity contribution in [3.05, 3.63) is 83.9 Å². The van der Waals surface area contributed by atoms with E-state index in [-0.39, 0.29) is 5.91 Å². The molecule has 2 heterocycles. The number of amides is 1. The van der Waals surface area contributed by atoms with E-state index >= 15 is 0 Å². The van der Waals surface area contributed by atoms with Crippen molar-refractivity contribution in [2.24, 2.45) is 0 Å². The Kier molecular flexibility index (Phi) is 7.91. The molecule has 7 heteroatoms. The molecule has 4 aromatic rings. The third-order valence-electron chi connectivity index (χ3n) is 6.40. The maximum absolute atomic E-state index is 14.0. The SMILES string of the molecule is CCc1cccc2sc(N(CCCN3CCOCC3)C(=O)c3ccccc3Oc3ccccc3)nc12. The maximum atomic E-state index is 14.0. The van der Waals surface area contributed by atoms with Crippen LogP contribution in [0.4, 0.5) is 5.13 Å². The number of carbonyl (C=O) groups is 1. The second kappa shape index (κ2) is 11.6. The third kappa shape index (κ3) is 5.59. The van der Waals surface area contributed by atoms with E-state index in [1.54, 1.807) is 11.3 Å². The Morgan fingerprint density at radius 1 is 1.03 bits per heavy atom. The first kappa shape index (κ1) is 24.4. The van der Waals surface area contributed by atoms with Gasteiger partial charge in [0, 0.05) is 26.2 Å². The zero-order valence-corrected chi connectivity index (χ0v) is 21.4. The van der Waals surface area contributed by atoms with Gasteiger partial charge in [0.1, 0.15) is 11.5 Å². The van der Waals surface area contributed by atoms with E-state index in [9.17, 15) is 4.79 Å². The van der Waals surface area contributed by atoms with Crippen LogP contribution in [0, 0.1) is 0 Å². The van der Waals surface area contributed by atoms with Crippen LogP contribution in [0.1, 0.15) is 29.3 Å². The predicted molar refractivity (Wildman–Crippen MR) is 146 cm³/mol. The van der Waals surface area contributed by atoms with Crippen molar-refractivity contribution in [1.29, 1.82) is 0 Å². The van der Waals surface area contributed by atoms with Gasteiger partial charge < -0.3 is 9.47 Å². The molecule has 36 heavy (non-hydrogen) atoms. The minimum absolute atomic E-state index is 0.0967. The minimum atomic E-state index is -0.0967. The fourth-order valence-corrected chi connectivity index (χ4v) is 5.49. The molecule has 1 fully saturated rings. The Balaban J connectivity index is 1.45. The van der Waals surface area contributed by atoms with Crippen molar-refractivity contribution in [3.8, 4) is 11.5 Å². The Morgan fingerprint density at radius 3 is 2.61 bits per heavy atom. The van der Waals surface area contributed by atoms with Gasteiger partial charge in [-0.3, -0.25) is 14.6 Å². The van der Waals surface area contributed by atoms with Crippen LogP contribution in [-0.2, 0) is 11.2 Å². The second-order valence-electron chi connectivity index (χ2n) is 8.79.